The molecule has 3 nitrogen and oxygen atoms in total. The van der Waals surface area contributed by atoms with Crippen LogP contribution in [0.1, 0.15) is 17.3 Å². The van der Waals surface area contributed by atoms with Crippen LogP contribution in [0.3, 0.4) is 0 Å². The van der Waals surface area contributed by atoms with Crippen molar-refractivity contribution in [2.45, 2.75) is 13.1 Å². The molecule has 74 valence electrons. The lowest BCUT2D eigenvalue weighted by Crippen LogP contribution is -2.23. The largest absolute Gasteiger partial charge is 0.335 e. The number of aryl methyl sites for hydroxylation is 1. The summed E-state index contributed by atoms with van der Waals surface area (Å²) < 4.78 is 13.4. The number of amides is 1. The predicted molar refractivity (Wildman–Crippen MR) is 50.0 cm³/mol. The van der Waals surface area contributed by atoms with Crippen molar-refractivity contribution in [1.82, 2.24) is 10.6 Å². The molecule has 2 N–H and O–H groups in total. The first-order valence-corrected chi connectivity index (χ1v) is 4.45. The van der Waals surface area contributed by atoms with Crippen LogP contribution < -0.4 is 10.6 Å². The topological polar surface area (TPSA) is 41.1 Å². The van der Waals surface area contributed by atoms with E-state index in [0.717, 1.165) is 5.56 Å². The minimum absolute atomic E-state index is 0.101. The van der Waals surface area contributed by atoms with Gasteiger partial charge in [-0.3, -0.25) is 10.1 Å². The summed E-state index contributed by atoms with van der Waals surface area (Å²) in [6.45, 7) is 2.14. The Morgan fingerprint density at radius 1 is 1.50 bits per heavy atom. The van der Waals surface area contributed by atoms with E-state index in [2.05, 4.69) is 10.6 Å². The lowest BCUT2D eigenvalue weighted by molar-refractivity contribution is -0.118. The van der Waals surface area contributed by atoms with Crippen molar-refractivity contribution in [2.75, 3.05) is 6.54 Å². The molecule has 1 unspecified atom stereocenters. The number of carbonyl (C=O) groups excluding carboxylic acids is 1. The van der Waals surface area contributed by atoms with Gasteiger partial charge in [-0.05, 0) is 19.1 Å². The number of rotatable bonds is 1. The zero-order valence-electron chi connectivity index (χ0n) is 7.80. The molecule has 0 radical (unpaired) electrons. The SMILES string of the molecule is Cc1ccc(F)c(C2NCC(=O)N2)c1. The van der Waals surface area contributed by atoms with Crippen LogP contribution in [0.25, 0.3) is 0 Å². The van der Waals surface area contributed by atoms with Gasteiger partial charge >= 0.3 is 0 Å². The second-order valence-electron chi connectivity index (χ2n) is 3.41. The molecule has 0 spiro atoms. The smallest absolute Gasteiger partial charge is 0.235 e. The van der Waals surface area contributed by atoms with Crippen LogP contribution in [0, 0.1) is 12.7 Å². The first kappa shape index (κ1) is 9.15. The van der Waals surface area contributed by atoms with E-state index in [1.54, 1.807) is 12.1 Å². The Balaban J connectivity index is 2.31. The summed E-state index contributed by atoms with van der Waals surface area (Å²) in [5.41, 5.74) is 1.47. The fourth-order valence-corrected chi connectivity index (χ4v) is 1.53. The van der Waals surface area contributed by atoms with Gasteiger partial charge in [0.2, 0.25) is 5.91 Å². The maximum atomic E-state index is 13.4. The minimum Gasteiger partial charge on any atom is -0.335 e. The highest BCUT2D eigenvalue weighted by atomic mass is 19.1. The van der Waals surface area contributed by atoms with E-state index in [0.29, 0.717) is 5.56 Å². The molecule has 1 heterocycles. The monoisotopic (exact) mass is 194 g/mol. The maximum absolute atomic E-state index is 13.4. The highest BCUT2D eigenvalue weighted by Crippen LogP contribution is 2.18. The van der Waals surface area contributed by atoms with Crippen molar-refractivity contribution in [1.29, 1.82) is 0 Å². The second kappa shape index (κ2) is 3.38. The van der Waals surface area contributed by atoms with E-state index in [1.165, 1.54) is 6.07 Å². The summed E-state index contributed by atoms with van der Waals surface area (Å²) in [5.74, 6) is -0.397. The van der Waals surface area contributed by atoms with Crippen LogP contribution in [0.5, 0.6) is 0 Å². The highest BCUT2D eigenvalue weighted by Gasteiger charge is 2.23. The van der Waals surface area contributed by atoms with Crippen molar-refractivity contribution < 1.29 is 9.18 Å². The normalized spacial score (nSPS) is 21.0. The van der Waals surface area contributed by atoms with Crippen molar-refractivity contribution in [3.05, 3.63) is 35.1 Å². The van der Waals surface area contributed by atoms with Crippen molar-refractivity contribution >= 4 is 5.91 Å². The third-order valence-corrected chi connectivity index (χ3v) is 2.23. The molecule has 1 aromatic rings. The van der Waals surface area contributed by atoms with Gasteiger partial charge in [0.1, 0.15) is 12.0 Å². The Hall–Kier alpha value is -1.42. The molecule has 0 aromatic heterocycles. The zero-order valence-corrected chi connectivity index (χ0v) is 7.80. The number of halogens is 1. The predicted octanol–water partition coefficient (Wildman–Crippen LogP) is 0.852. The summed E-state index contributed by atoms with van der Waals surface area (Å²) in [6, 6.07) is 4.85. The summed E-state index contributed by atoms with van der Waals surface area (Å²) in [4.78, 5) is 10.9. The molecule has 4 heteroatoms. The molecule has 14 heavy (non-hydrogen) atoms. The molecular formula is C10H11FN2O. The number of benzene rings is 1. The van der Waals surface area contributed by atoms with Crippen LogP contribution in [-0.4, -0.2) is 12.5 Å². The summed E-state index contributed by atoms with van der Waals surface area (Å²) in [5, 5.41) is 5.54. The lowest BCUT2D eigenvalue weighted by Gasteiger charge is -2.12. The van der Waals surface area contributed by atoms with Crippen molar-refractivity contribution in [3.8, 4) is 0 Å². The van der Waals surface area contributed by atoms with E-state index in [1.807, 2.05) is 6.92 Å². The first-order valence-electron chi connectivity index (χ1n) is 4.45. The minimum atomic E-state index is -0.387. The van der Waals surface area contributed by atoms with Crippen molar-refractivity contribution in [3.63, 3.8) is 0 Å². The molecule has 1 aromatic carbocycles. The number of hydrogen-bond acceptors (Lipinski definition) is 2. The van der Waals surface area contributed by atoms with E-state index >= 15 is 0 Å². The molecule has 1 atom stereocenters. The number of hydrogen-bond donors (Lipinski definition) is 2. The van der Waals surface area contributed by atoms with Gasteiger partial charge in [0, 0.05) is 5.56 Å². The van der Waals surface area contributed by atoms with E-state index in [4.69, 9.17) is 0 Å². The van der Waals surface area contributed by atoms with Gasteiger partial charge in [-0.1, -0.05) is 11.6 Å². The van der Waals surface area contributed by atoms with Gasteiger partial charge in [0.25, 0.3) is 0 Å². The summed E-state index contributed by atoms with van der Waals surface area (Å²) in [7, 11) is 0. The molecule has 1 amide bonds. The van der Waals surface area contributed by atoms with E-state index in [9.17, 15) is 9.18 Å². The third kappa shape index (κ3) is 1.61. The van der Waals surface area contributed by atoms with E-state index in [-0.39, 0.29) is 24.4 Å². The Labute approximate surface area is 81.3 Å². The fraction of sp³-hybridized carbons (Fsp3) is 0.300. The lowest BCUT2D eigenvalue weighted by atomic mass is 10.1. The Morgan fingerprint density at radius 2 is 2.29 bits per heavy atom. The maximum Gasteiger partial charge on any atom is 0.235 e. The van der Waals surface area contributed by atoms with Crippen LogP contribution in [0.2, 0.25) is 0 Å². The Kier molecular flexibility index (Phi) is 2.21. The van der Waals surface area contributed by atoms with Crippen molar-refractivity contribution in [2.24, 2.45) is 0 Å². The van der Waals surface area contributed by atoms with Gasteiger partial charge < -0.3 is 5.32 Å². The molecule has 2 rings (SSSR count). The molecule has 0 saturated carbocycles. The first-order chi connectivity index (χ1) is 6.66. The molecule has 0 aliphatic carbocycles. The quantitative estimate of drug-likeness (QED) is 0.696. The fourth-order valence-electron chi connectivity index (χ4n) is 1.53. The highest BCUT2D eigenvalue weighted by molar-refractivity contribution is 5.80. The molecule has 1 fully saturated rings. The number of carbonyl (C=O) groups is 1. The van der Waals surface area contributed by atoms with Gasteiger partial charge in [-0.15, -0.1) is 0 Å². The average Bonchev–Trinajstić information content (AvgIpc) is 2.56. The number of nitrogens with one attached hydrogen (secondary N) is 2. The molecule has 1 aliphatic heterocycles. The zero-order chi connectivity index (χ0) is 10.1. The summed E-state index contributed by atoms with van der Waals surface area (Å²) >= 11 is 0. The van der Waals surface area contributed by atoms with Crippen LogP contribution in [0.4, 0.5) is 4.39 Å². The van der Waals surface area contributed by atoms with Gasteiger partial charge in [-0.25, -0.2) is 4.39 Å². The van der Waals surface area contributed by atoms with E-state index < -0.39 is 0 Å². The summed E-state index contributed by atoms with van der Waals surface area (Å²) in [6.07, 6.45) is -0.387. The average molecular weight is 194 g/mol. The Morgan fingerprint density at radius 3 is 2.93 bits per heavy atom. The second-order valence-corrected chi connectivity index (χ2v) is 3.41. The van der Waals surface area contributed by atoms with Crippen LogP contribution in [-0.2, 0) is 4.79 Å². The van der Waals surface area contributed by atoms with Gasteiger partial charge in [0.15, 0.2) is 0 Å². The van der Waals surface area contributed by atoms with Gasteiger partial charge in [-0.2, -0.15) is 0 Å². The molecule has 0 bridgehead atoms. The van der Waals surface area contributed by atoms with Crippen LogP contribution >= 0.6 is 0 Å². The molecule has 1 aliphatic rings. The Bertz CT molecular complexity index is 378. The third-order valence-electron chi connectivity index (χ3n) is 2.23. The standard InChI is InChI=1S/C10H11FN2O/c1-6-2-3-8(11)7(4-6)10-12-5-9(14)13-10/h2-4,10,12H,5H2,1H3,(H,13,14). The molecule has 1 saturated heterocycles. The molecular weight excluding hydrogens is 183 g/mol. The van der Waals surface area contributed by atoms with Crippen LogP contribution in [0.15, 0.2) is 18.2 Å². The van der Waals surface area contributed by atoms with Gasteiger partial charge in [0.05, 0.1) is 6.54 Å².